The molecule has 3 aromatic carbocycles. The van der Waals surface area contributed by atoms with Crippen LogP contribution in [0.1, 0.15) is 27.5 Å². The highest BCUT2D eigenvalue weighted by molar-refractivity contribution is 8.00. The molecule has 0 aliphatic carbocycles. The minimum absolute atomic E-state index is 0.109. The van der Waals surface area contributed by atoms with E-state index in [4.69, 9.17) is 9.84 Å². The Morgan fingerprint density at radius 1 is 1.05 bits per heavy atom. The minimum Gasteiger partial charge on any atom is -0.383 e. The molecular formula is C31H32N4O3S. The number of thioether (sulfide) groups is 1. The van der Waals surface area contributed by atoms with Crippen LogP contribution in [0, 0.1) is 13.8 Å². The van der Waals surface area contributed by atoms with Crippen LogP contribution < -0.4 is 10.2 Å². The zero-order valence-corrected chi connectivity index (χ0v) is 23.2. The maximum atomic E-state index is 13.8. The van der Waals surface area contributed by atoms with Crippen molar-refractivity contribution < 1.29 is 14.3 Å². The van der Waals surface area contributed by atoms with Gasteiger partial charge in [-0.25, -0.2) is 4.68 Å². The third-order valence-electron chi connectivity index (χ3n) is 6.75. The number of para-hydroxylation sites is 1. The van der Waals surface area contributed by atoms with E-state index in [1.165, 1.54) is 0 Å². The van der Waals surface area contributed by atoms with Gasteiger partial charge in [0.25, 0.3) is 0 Å². The van der Waals surface area contributed by atoms with Crippen LogP contribution in [0.4, 0.5) is 5.82 Å². The number of nitrogens with one attached hydrogen (secondary N) is 1. The smallest absolute Gasteiger partial charge is 0.240 e. The number of hydrogen-bond donors (Lipinski definition) is 1. The van der Waals surface area contributed by atoms with E-state index < -0.39 is 0 Å². The second kappa shape index (κ2) is 11.9. The Morgan fingerprint density at radius 2 is 1.82 bits per heavy atom. The third-order valence-corrected chi connectivity index (χ3v) is 8.01. The number of benzene rings is 3. The van der Waals surface area contributed by atoms with E-state index in [1.807, 2.05) is 72.3 Å². The van der Waals surface area contributed by atoms with Gasteiger partial charge in [0.15, 0.2) is 0 Å². The van der Waals surface area contributed by atoms with Gasteiger partial charge in [-0.3, -0.25) is 14.5 Å². The number of carbonyl (C=O) groups is 2. The molecule has 1 aliphatic rings. The molecule has 0 radical (unpaired) electrons. The lowest BCUT2D eigenvalue weighted by molar-refractivity contribution is -0.123. The predicted molar refractivity (Wildman–Crippen MR) is 156 cm³/mol. The van der Waals surface area contributed by atoms with Crippen LogP contribution in [0.25, 0.3) is 16.9 Å². The summed E-state index contributed by atoms with van der Waals surface area (Å²) in [5.41, 5.74) is 6.81. The average Bonchev–Trinajstić information content (AvgIpc) is 3.26. The van der Waals surface area contributed by atoms with Crippen LogP contribution in [0.2, 0.25) is 0 Å². The van der Waals surface area contributed by atoms with E-state index >= 15 is 0 Å². The van der Waals surface area contributed by atoms with Gasteiger partial charge in [-0.05, 0) is 31.0 Å². The molecular weight excluding hydrogens is 508 g/mol. The molecule has 2 heterocycles. The van der Waals surface area contributed by atoms with Crippen LogP contribution in [0.3, 0.4) is 0 Å². The van der Waals surface area contributed by atoms with Gasteiger partial charge in [-0.2, -0.15) is 5.10 Å². The Morgan fingerprint density at radius 3 is 2.56 bits per heavy atom. The molecule has 0 saturated heterocycles. The van der Waals surface area contributed by atoms with Crippen molar-refractivity contribution in [3.63, 3.8) is 0 Å². The number of aryl methyl sites for hydroxylation is 2. The number of ether oxygens (including phenoxy) is 1. The van der Waals surface area contributed by atoms with Gasteiger partial charge in [-0.15, -0.1) is 11.8 Å². The van der Waals surface area contributed by atoms with Crippen molar-refractivity contribution in [2.45, 2.75) is 19.1 Å². The number of anilines is 1. The van der Waals surface area contributed by atoms with E-state index in [0.29, 0.717) is 19.0 Å². The van der Waals surface area contributed by atoms with Gasteiger partial charge < -0.3 is 10.1 Å². The zero-order valence-electron chi connectivity index (χ0n) is 22.4. The standard InChI is InChI=1S/C31H32N4O3S/c1-21-10-9-14-24(18-21)30-28-29(23-12-5-4-6-13-23)33-35(25-15-8-7-11-22(25)2)31(28)34(27(37)20-39-30)19-26(36)32-16-17-38-3/h4-15,18,30H,16-17,19-20H2,1-3H3,(H,32,36). The SMILES string of the molecule is COCCNC(=O)CN1C(=O)CSC(c2cccc(C)c2)c2c(-c3ccccc3)nn(-c3ccccc3C)c21. The number of nitrogens with zero attached hydrogens (tertiary/aromatic N) is 3. The summed E-state index contributed by atoms with van der Waals surface area (Å²) in [5, 5.41) is 7.87. The third kappa shape index (κ3) is 5.62. The zero-order chi connectivity index (χ0) is 27.4. The first-order valence-corrected chi connectivity index (χ1v) is 14.0. The molecule has 200 valence electrons. The van der Waals surface area contributed by atoms with Gasteiger partial charge in [0, 0.05) is 24.8 Å². The summed E-state index contributed by atoms with van der Waals surface area (Å²) in [6.07, 6.45) is 0. The molecule has 0 bridgehead atoms. The van der Waals surface area contributed by atoms with Gasteiger partial charge in [0.2, 0.25) is 11.8 Å². The van der Waals surface area contributed by atoms with E-state index in [1.54, 1.807) is 23.8 Å². The van der Waals surface area contributed by atoms with Crippen molar-refractivity contribution in [3.8, 4) is 16.9 Å². The van der Waals surface area contributed by atoms with Crippen LogP contribution in [-0.2, 0) is 14.3 Å². The number of fused-ring (bicyclic) bond motifs is 1. The summed E-state index contributed by atoms with van der Waals surface area (Å²) < 4.78 is 6.93. The Hall–Kier alpha value is -3.88. The number of carbonyl (C=O) groups excluding carboxylic acids is 2. The van der Waals surface area contributed by atoms with Crippen LogP contribution in [-0.4, -0.2) is 54.2 Å². The fourth-order valence-corrected chi connectivity index (χ4v) is 6.07. The highest BCUT2D eigenvalue weighted by Gasteiger charge is 2.37. The summed E-state index contributed by atoms with van der Waals surface area (Å²) in [7, 11) is 1.59. The molecule has 1 atom stereocenters. The molecule has 1 unspecified atom stereocenters. The molecule has 2 amide bonds. The highest BCUT2D eigenvalue weighted by atomic mass is 32.2. The molecule has 1 N–H and O–H groups in total. The van der Waals surface area contributed by atoms with E-state index in [-0.39, 0.29) is 29.4 Å². The summed E-state index contributed by atoms with van der Waals surface area (Å²) in [6.45, 7) is 4.76. The molecule has 4 aromatic rings. The maximum Gasteiger partial charge on any atom is 0.240 e. The molecule has 1 aromatic heterocycles. The lowest BCUT2D eigenvalue weighted by Crippen LogP contribution is -2.43. The number of rotatable bonds is 8. The van der Waals surface area contributed by atoms with Crippen molar-refractivity contribution in [2.75, 3.05) is 37.5 Å². The number of hydrogen-bond acceptors (Lipinski definition) is 5. The predicted octanol–water partition coefficient (Wildman–Crippen LogP) is 5.09. The van der Waals surface area contributed by atoms with Gasteiger partial charge >= 0.3 is 0 Å². The molecule has 5 rings (SSSR count). The second-order valence-corrected chi connectivity index (χ2v) is 10.7. The summed E-state index contributed by atoms with van der Waals surface area (Å²) in [5.74, 6) is 0.490. The first kappa shape index (κ1) is 26.7. The summed E-state index contributed by atoms with van der Waals surface area (Å²) in [4.78, 5) is 28.4. The monoisotopic (exact) mass is 540 g/mol. The Balaban J connectivity index is 1.77. The molecule has 1 aliphatic heterocycles. The van der Waals surface area contributed by atoms with Crippen molar-refractivity contribution in [3.05, 3.63) is 101 Å². The molecule has 0 fully saturated rings. The maximum absolute atomic E-state index is 13.8. The molecule has 7 nitrogen and oxygen atoms in total. The molecule has 0 spiro atoms. The highest BCUT2D eigenvalue weighted by Crippen LogP contribution is 2.48. The van der Waals surface area contributed by atoms with Gasteiger partial charge in [-0.1, -0.05) is 78.4 Å². The number of methoxy groups -OCH3 is 1. The molecule has 0 saturated carbocycles. The van der Waals surface area contributed by atoms with Crippen molar-refractivity contribution in [1.82, 2.24) is 15.1 Å². The lowest BCUT2D eigenvalue weighted by Gasteiger charge is -2.23. The molecule has 8 heteroatoms. The largest absolute Gasteiger partial charge is 0.383 e. The van der Waals surface area contributed by atoms with Crippen LogP contribution >= 0.6 is 11.8 Å². The van der Waals surface area contributed by atoms with Crippen molar-refractivity contribution in [1.29, 1.82) is 0 Å². The molecule has 39 heavy (non-hydrogen) atoms. The van der Waals surface area contributed by atoms with Crippen LogP contribution in [0.15, 0.2) is 78.9 Å². The average molecular weight is 541 g/mol. The number of aromatic nitrogens is 2. The quantitative estimate of drug-likeness (QED) is 0.315. The van der Waals surface area contributed by atoms with E-state index in [9.17, 15) is 9.59 Å². The normalized spacial score (nSPS) is 15.1. The fraction of sp³-hybridized carbons (Fsp3) is 0.258. The Labute approximate surface area is 233 Å². The van der Waals surface area contributed by atoms with E-state index in [0.717, 1.165) is 39.2 Å². The number of amides is 2. The van der Waals surface area contributed by atoms with E-state index in [2.05, 4.69) is 30.4 Å². The van der Waals surface area contributed by atoms with Crippen molar-refractivity contribution >= 4 is 29.4 Å². The minimum atomic E-state index is -0.246. The van der Waals surface area contributed by atoms with Gasteiger partial charge in [0.1, 0.15) is 12.4 Å². The summed E-state index contributed by atoms with van der Waals surface area (Å²) >= 11 is 1.57. The van der Waals surface area contributed by atoms with Gasteiger partial charge in [0.05, 0.1) is 29.0 Å². The van der Waals surface area contributed by atoms with Crippen molar-refractivity contribution in [2.24, 2.45) is 0 Å². The first-order chi connectivity index (χ1) is 19.0. The second-order valence-electron chi connectivity index (χ2n) is 9.58. The topological polar surface area (TPSA) is 76.5 Å². The Kier molecular flexibility index (Phi) is 8.14. The Bertz CT molecular complexity index is 1480. The van der Waals surface area contributed by atoms with Crippen LogP contribution in [0.5, 0.6) is 0 Å². The first-order valence-electron chi connectivity index (χ1n) is 13.0. The lowest BCUT2D eigenvalue weighted by atomic mass is 9.98. The summed E-state index contributed by atoms with van der Waals surface area (Å²) in [6, 6.07) is 26.4. The fourth-order valence-electron chi connectivity index (χ4n) is 4.89.